The fraction of sp³-hybridized carbons (Fsp3) is 0.625. The zero-order chi connectivity index (χ0) is 13.7. The lowest BCUT2D eigenvalue weighted by Crippen LogP contribution is -2.31. The molecule has 0 saturated carbocycles. The first-order valence-corrected chi connectivity index (χ1v) is 7.79. The monoisotopic (exact) mass is 280 g/mol. The first-order chi connectivity index (χ1) is 9.18. The molecule has 1 N–H and O–H groups in total. The van der Waals surface area contributed by atoms with Crippen LogP contribution in [0.2, 0.25) is 5.02 Å². The van der Waals surface area contributed by atoms with Crippen molar-refractivity contribution in [2.45, 2.75) is 39.7 Å². The molecule has 0 bridgehead atoms. The SMILES string of the molecule is CC(C)CNCc1cccc(Cl)c1N1CCCCC1. The van der Waals surface area contributed by atoms with Crippen LogP contribution in [0.3, 0.4) is 0 Å². The molecule has 2 nitrogen and oxygen atoms in total. The van der Waals surface area contributed by atoms with Crippen LogP contribution in [0.1, 0.15) is 38.7 Å². The summed E-state index contributed by atoms with van der Waals surface area (Å²) in [5.74, 6) is 0.678. The van der Waals surface area contributed by atoms with E-state index in [2.05, 4.69) is 36.2 Å². The lowest BCUT2D eigenvalue weighted by atomic mass is 10.1. The van der Waals surface area contributed by atoms with Gasteiger partial charge in [-0.15, -0.1) is 0 Å². The number of benzene rings is 1. The van der Waals surface area contributed by atoms with E-state index < -0.39 is 0 Å². The molecule has 2 rings (SSSR count). The highest BCUT2D eigenvalue weighted by molar-refractivity contribution is 6.33. The van der Waals surface area contributed by atoms with Crippen molar-refractivity contribution in [1.82, 2.24) is 5.32 Å². The Kier molecular flexibility index (Phi) is 5.53. The van der Waals surface area contributed by atoms with Gasteiger partial charge in [-0.1, -0.05) is 37.6 Å². The quantitative estimate of drug-likeness (QED) is 0.874. The molecule has 0 aromatic heterocycles. The van der Waals surface area contributed by atoms with E-state index in [9.17, 15) is 0 Å². The number of rotatable bonds is 5. The predicted octanol–water partition coefficient (Wildman–Crippen LogP) is 4.08. The molecule has 0 spiro atoms. The Labute approximate surface area is 122 Å². The van der Waals surface area contributed by atoms with Gasteiger partial charge in [0.1, 0.15) is 0 Å². The minimum Gasteiger partial charge on any atom is -0.370 e. The largest absolute Gasteiger partial charge is 0.370 e. The van der Waals surface area contributed by atoms with E-state index in [1.807, 2.05) is 6.07 Å². The number of para-hydroxylation sites is 1. The van der Waals surface area contributed by atoms with Crippen LogP contribution in [-0.2, 0) is 6.54 Å². The molecule has 1 aromatic rings. The topological polar surface area (TPSA) is 15.3 Å². The second-order valence-corrected chi connectivity index (χ2v) is 6.23. The lowest BCUT2D eigenvalue weighted by molar-refractivity contribution is 0.547. The summed E-state index contributed by atoms with van der Waals surface area (Å²) in [5, 5.41) is 4.42. The molecule has 1 aromatic carbocycles. The van der Waals surface area contributed by atoms with Gasteiger partial charge in [0.25, 0.3) is 0 Å². The molecule has 1 aliphatic rings. The molecular formula is C16H25ClN2. The van der Waals surface area contributed by atoms with E-state index in [0.717, 1.165) is 31.2 Å². The van der Waals surface area contributed by atoms with Crippen LogP contribution in [0, 0.1) is 5.92 Å². The van der Waals surface area contributed by atoms with Crippen LogP contribution in [0.15, 0.2) is 18.2 Å². The molecule has 0 amide bonds. The van der Waals surface area contributed by atoms with Gasteiger partial charge in [0.05, 0.1) is 10.7 Å². The Morgan fingerprint density at radius 1 is 1.21 bits per heavy atom. The fourth-order valence-electron chi connectivity index (χ4n) is 2.67. The second-order valence-electron chi connectivity index (χ2n) is 5.82. The first-order valence-electron chi connectivity index (χ1n) is 7.41. The number of piperidine rings is 1. The molecule has 1 fully saturated rings. The highest BCUT2D eigenvalue weighted by Crippen LogP contribution is 2.32. The number of hydrogen-bond donors (Lipinski definition) is 1. The summed E-state index contributed by atoms with van der Waals surface area (Å²) in [6.45, 7) is 8.70. The molecule has 0 aliphatic carbocycles. The van der Waals surface area contributed by atoms with Crippen molar-refractivity contribution in [3.8, 4) is 0 Å². The summed E-state index contributed by atoms with van der Waals surface area (Å²) >= 11 is 6.43. The summed E-state index contributed by atoms with van der Waals surface area (Å²) in [7, 11) is 0. The van der Waals surface area contributed by atoms with Gasteiger partial charge in [-0.25, -0.2) is 0 Å². The number of halogens is 1. The third-order valence-corrected chi connectivity index (χ3v) is 3.92. The van der Waals surface area contributed by atoms with Gasteiger partial charge in [-0.05, 0) is 43.4 Å². The van der Waals surface area contributed by atoms with Crippen molar-refractivity contribution in [3.05, 3.63) is 28.8 Å². The minimum absolute atomic E-state index is 0.678. The van der Waals surface area contributed by atoms with E-state index in [1.54, 1.807) is 0 Å². The number of nitrogens with zero attached hydrogens (tertiary/aromatic N) is 1. The number of hydrogen-bond acceptors (Lipinski definition) is 2. The van der Waals surface area contributed by atoms with E-state index in [1.165, 1.54) is 30.5 Å². The normalized spacial score (nSPS) is 16.1. The summed E-state index contributed by atoms with van der Waals surface area (Å²) in [4.78, 5) is 2.46. The van der Waals surface area contributed by atoms with Crippen LogP contribution < -0.4 is 10.2 Å². The zero-order valence-electron chi connectivity index (χ0n) is 12.1. The minimum atomic E-state index is 0.678. The Balaban J connectivity index is 2.10. The molecule has 1 aliphatic heterocycles. The van der Waals surface area contributed by atoms with Crippen molar-refractivity contribution in [3.63, 3.8) is 0 Å². The van der Waals surface area contributed by atoms with Crippen LogP contribution >= 0.6 is 11.6 Å². The first kappa shape index (κ1) is 14.7. The second kappa shape index (κ2) is 7.16. The lowest BCUT2D eigenvalue weighted by Gasteiger charge is -2.31. The molecule has 0 radical (unpaired) electrons. The molecule has 1 saturated heterocycles. The highest BCUT2D eigenvalue weighted by Gasteiger charge is 2.17. The number of nitrogens with one attached hydrogen (secondary N) is 1. The summed E-state index contributed by atoms with van der Waals surface area (Å²) in [6.07, 6.45) is 3.91. The average molecular weight is 281 g/mol. The van der Waals surface area contributed by atoms with Gasteiger partial charge in [0, 0.05) is 19.6 Å². The summed E-state index contributed by atoms with van der Waals surface area (Å²) in [5.41, 5.74) is 2.58. The Morgan fingerprint density at radius 2 is 1.95 bits per heavy atom. The fourth-order valence-corrected chi connectivity index (χ4v) is 2.98. The highest BCUT2D eigenvalue weighted by atomic mass is 35.5. The molecule has 0 atom stereocenters. The van der Waals surface area contributed by atoms with Gasteiger partial charge in [0.2, 0.25) is 0 Å². The number of anilines is 1. The van der Waals surface area contributed by atoms with E-state index >= 15 is 0 Å². The Hall–Kier alpha value is -0.730. The van der Waals surface area contributed by atoms with Crippen molar-refractivity contribution >= 4 is 17.3 Å². The van der Waals surface area contributed by atoms with Crippen LogP contribution in [0.5, 0.6) is 0 Å². The van der Waals surface area contributed by atoms with Gasteiger partial charge in [-0.2, -0.15) is 0 Å². The predicted molar refractivity (Wildman–Crippen MR) is 84.1 cm³/mol. The van der Waals surface area contributed by atoms with Crippen LogP contribution in [0.25, 0.3) is 0 Å². The maximum atomic E-state index is 6.43. The third-order valence-electron chi connectivity index (χ3n) is 3.61. The van der Waals surface area contributed by atoms with Crippen molar-refractivity contribution in [2.24, 2.45) is 5.92 Å². The zero-order valence-corrected chi connectivity index (χ0v) is 12.8. The van der Waals surface area contributed by atoms with Crippen molar-refractivity contribution < 1.29 is 0 Å². The third kappa shape index (κ3) is 4.12. The van der Waals surface area contributed by atoms with Gasteiger partial charge in [-0.3, -0.25) is 0 Å². The molecule has 106 valence electrons. The summed E-state index contributed by atoms with van der Waals surface area (Å²) < 4.78 is 0. The average Bonchev–Trinajstić information content (AvgIpc) is 2.39. The van der Waals surface area contributed by atoms with Crippen molar-refractivity contribution in [2.75, 3.05) is 24.5 Å². The van der Waals surface area contributed by atoms with Crippen LogP contribution in [-0.4, -0.2) is 19.6 Å². The van der Waals surface area contributed by atoms with Crippen LogP contribution in [0.4, 0.5) is 5.69 Å². The smallest absolute Gasteiger partial charge is 0.0642 e. The maximum absolute atomic E-state index is 6.43. The molecule has 1 heterocycles. The van der Waals surface area contributed by atoms with Gasteiger partial charge in [0.15, 0.2) is 0 Å². The van der Waals surface area contributed by atoms with E-state index in [4.69, 9.17) is 11.6 Å². The molecule has 0 unspecified atom stereocenters. The standard InChI is InChI=1S/C16H25ClN2/c1-13(2)11-18-12-14-7-6-8-15(17)16(14)19-9-4-3-5-10-19/h6-8,13,18H,3-5,9-12H2,1-2H3. The van der Waals surface area contributed by atoms with E-state index in [-0.39, 0.29) is 0 Å². The molecule has 3 heteroatoms. The summed E-state index contributed by atoms with van der Waals surface area (Å²) in [6, 6.07) is 6.27. The van der Waals surface area contributed by atoms with E-state index in [0.29, 0.717) is 5.92 Å². The maximum Gasteiger partial charge on any atom is 0.0642 e. The van der Waals surface area contributed by atoms with Crippen molar-refractivity contribution in [1.29, 1.82) is 0 Å². The van der Waals surface area contributed by atoms with Gasteiger partial charge < -0.3 is 10.2 Å². The Morgan fingerprint density at radius 3 is 2.63 bits per heavy atom. The Bertz CT molecular complexity index is 398. The molecule has 19 heavy (non-hydrogen) atoms. The van der Waals surface area contributed by atoms with Gasteiger partial charge >= 0.3 is 0 Å². The molecular weight excluding hydrogens is 256 g/mol.